The number of hydrogen-bond acceptors (Lipinski definition) is 1. The van der Waals surface area contributed by atoms with Crippen molar-refractivity contribution in [2.75, 3.05) is 6.61 Å². The van der Waals surface area contributed by atoms with Crippen LogP contribution in [0.3, 0.4) is 0 Å². The Balaban J connectivity index is 1.77. The predicted octanol–water partition coefficient (Wildman–Crippen LogP) is 4.16. The second kappa shape index (κ2) is 4.08. The molecule has 1 aliphatic carbocycles. The van der Waals surface area contributed by atoms with Gasteiger partial charge in [-0.3, -0.25) is 0 Å². The molecule has 0 amide bonds. The van der Waals surface area contributed by atoms with Crippen LogP contribution in [0, 0.1) is 11.3 Å². The Morgan fingerprint density at radius 2 is 1.73 bits per heavy atom. The van der Waals surface area contributed by atoms with Gasteiger partial charge in [0.2, 0.25) is 0 Å². The van der Waals surface area contributed by atoms with Crippen molar-refractivity contribution in [2.24, 2.45) is 11.3 Å². The van der Waals surface area contributed by atoms with E-state index in [4.69, 9.17) is 4.74 Å². The van der Waals surface area contributed by atoms with E-state index in [1.54, 1.807) is 0 Å². The Hall–Kier alpha value is -0.0400. The molecule has 1 heterocycles. The van der Waals surface area contributed by atoms with Crippen LogP contribution in [0.4, 0.5) is 0 Å². The van der Waals surface area contributed by atoms with Crippen molar-refractivity contribution in [3.05, 3.63) is 0 Å². The fraction of sp³-hybridized carbons (Fsp3) is 1.00. The summed E-state index contributed by atoms with van der Waals surface area (Å²) in [6, 6.07) is 0. The molecule has 1 aliphatic heterocycles. The van der Waals surface area contributed by atoms with E-state index in [1.807, 2.05) is 0 Å². The number of hydrogen-bond donors (Lipinski definition) is 0. The third-order valence-corrected chi connectivity index (χ3v) is 4.54. The second-order valence-electron chi connectivity index (χ2n) is 6.58. The molecular formula is C14H26O. The molecule has 2 rings (SSSR count). The van der Waals surface area contributed by atoms with Crippen LogP contribution in [-0.4, -0.2) is 12.2 Å². The zero-order valence-corrected chi connectivity index (χ0v) is 10.6. The Labute approximate surface area is 94.6 Å². The van der Waals surface area contributed by atoms with Gasteiger partial charge in [-0.15, -0.1) is 0 Å². The molecule has 2 aliphatic rings. The quantitative estimate of drug-likeness (QED) is 0.637. The van der Waals surface area contributed by atoms with Gasteiger partial charge in [-0.2, -0.15) is 0 Å². The molecule has 1 saturated heterocycles. The lowest BCUT2D eigenvalue weighted by atomic mass is 9.75. The zero-order chi connectivity index (χ0) is 10.9. The fourth-order valence-corrected chi connectivity index (χ4v) is 2.95. The molecule has 15 heavy (non-hydrogen) atoms. The minimum Gasteiger partial charge on any atom is -0.369 e. The lowest BCUT2D eigenvalue weighted by Gasteiger charge is -2.30. The Morgan fingerprint density at radius 3 is 2.20 bits per heavy atom. The van der Waals surface area contributed by atoms with Gasteiger partial charge in [0.25, 0.3) is 0 Å². The average molecular weight is 210 g/mol. The first-order valence-corrected chi connectivity index (χ1v) is 6.67. The average Bonchev–Trinajstić information content (AvgIpc) is 2.96. The maximum Gasteiger partial charge on any atom is 0.0964 e. The van der Waals surface area contributed by atoms with Crippen LogP contribution in [0.5, 0.6) is 0 Å². The lowest BCUT2D eigenvalue weighted by Crippen LogP contribution is -2.30. The summed E-state index contributed by atoms with van der Waals surface area (Å²) in [6.45, 7) is 7.96. The van der Waals surface area contributed by atoms with E-state index in [1.165, 1.54) is 44.9 Å². The highest BCUT2D eigenvalue weighted by Crippen LogP contribution is 2.48. The molecule has 0 aromatic rings. The zero-order valence-electron chi connectivity index (χ0n) is 10.6. The Morgan fingerprint density at radius 1 is 1.13 bits per heavy atom. The molecule has 1 unspecified atom stereocenters. The van der Waals surface area contributed by atoms with Crippen LogP contribution in [0.2, 0.25) is 0 Å². The molecule has 1 saturated carbocycles. The van der Waals surface area contributed by atoms with Gasteiger partial charge in [0.1, 0.15) is 0 Å². The molecule has 0 bridgehead atoms. The van der Waals surface area contributed by atoms with Crippen LogP contribution in [-0.2, 0) is 4.74 Å². The molecule has 1 heteroatoms. The van der Waals surface area contributed by atoms with E-state index < -0.39 is 0 Å². The van der Waals surface area contributed by atoms with Gasteiger partial charge in [0, 0.05) is 0 Å². The summed E-state index contributed by atoms with van der Waals surface area (Å²) in [6.07, 6.45) is 10.0. The third kappa shape index (κ3) is 2.55. The highest BCUT2D eigenvalue weighted by molar-refractivity contribution is 5.01. The molecule has 2 fully saturated rings. The topological polar surface area (TPSA) is 12.5 Å². The maximum absolute atomic E-state index is 5.75. The molecule has 1 nitrogen and oxygen atoms in total. The van der Waals surface area contributed by atoms with Crippen molar-refractivity contribution < 1.29 is 4.74 Å². The summed E-state index contributed by atoms with van der Waals surface area (Å²) in [7, 11) is 0. The molecule has 1 atom stereocenters. The molecule has 0 N–H and O–H groups in total. The lowest BCUT2D eigenvalue weighted by molar-refractivity contribution is 0.132. The minimum absolute atomic E-state index is 0.241. The molecular weight excluding hydrogens is 184 g/mol. The van der Waals surface area contributed by atoms with Crippen LogP contribution in [0.1, 0.15) is 65.7 Å². The highest BCUT2D eigenvalue weighted by Gasteiger charge is 2.53. The SMILES string of the molecule is CC(C)(C)C1(CCC2CCCCC2)CO1. The Bertz CT molecular complexity index is 204. The predicted molar refractivity (Wildman–Crippen MR) is 63.9 cm³/mol. The van der Waals surface area contributed by atoms with Gasteiger partial charge >= 0.3 is 0 Å². The van der Waals surface area contributed by atoms with Gasteiger partial charge in [-0.1, -0.05) is 52.9 Å². The van der Waals surface area contributed by atoms with Crippen molar-refractivity contribution in [1.29, 1.82) is 0 Å². The largest absolute Gasteiger partial charge is 0.369 e. The van der Waals surface area contributed by atoms with E-state index in [9.17, 15) is 0 Å². The van der Waals surface area contributed by atoms with Crippen LogP contribution in [0.15, 0.2) is 0 Å². The van der Waals surface area contributed by atoms with Crippen LogP contribution >= 0.6 is 0 Å². The minimum atomic E-state index is 0.241. The first-order chi connectivity index (χ1) is 7.04. The third-order valence-electron chi connectivity index (χ3n) is 4.54. The van der Waals surface area contributed by atoms with Gasteiger partial charge in [0.05, 0.1) is 12.2 Å². The monoisotopic (exact) mass is 210 g/mol. The van der Waals surface area contributed by atoms with Crippen molar-refractivity contribution >= 4 is 0 Å². The summed E-state index contributed by atoms with van der Waals surface area (Å²) in [5.74, 6) is 1.00. The van der Waals surface area contributed by atoms with E-state index >= 15 is 0 Å². The van der Waals surface area contributed by atoms with Gasteiger partial charge in [-0.05, 0) is 24.2 Å². The Kier molecular flexibility index (Phi) is 3.12. The fourth-order valence-electron chi connectivity index (χ4n) is 2.95. The van der Waals surface area contributed by atoms with Crippen molar-refractivity contribution in [3.63, 3.8) is 0 Å². The summed E-state index contributed by atoms with van der Waals surface area (Å²) in [5, 5.41) is 0. The van der Waals surface area contributed by atoms with E-state index in [2.05, 4.69) is 20.8 Å². The first kappa shape index (κ1) is 11.4. The maximum atomic E-state index is 5.75. The van der Waals surface area contributed by atoms with Gasteiger partial charge < -0.3 is 4.74 Å². The summed E-state index contributed by atoms with van der Waals surface area (Å²) >= 11 is 0. The van der Waals surface area contributed by atoms with Crippen molar-refractivity contribution in [2.45, 2.75) is 71.3 Å². The van der Waals surface area contributed by atoms with E-state index in [0.29, 0.717) is 5.41 Å². The first-order valence-electron chi connectivity index (χ1n) is 6.67. The number of ether oxygens (including phenoxy) is 1. The van der Waals surface area contributed by atoms with E-state index in [-0.39, 0.29) is 5.60 Å². The van der Waals surface area contributed by atoms with E-state index in [0.717, 1.165) is 12.5 Å². The molecule has 0 spiro atoms. The van der Waals surface area contributed by atoms with Crippen molar-refractivity contribution in [3.8, 4) is 0 Å². The molecule has 0 aromatic heterocycles. The summed E-state index contributed by atoms with van der Waals surface area (Å²) in [5.41, 5.74) is 0.576. The van der Waals surface area contributed by atoms with Gasteiger partial charge in [0.15, 0.2) is 0 Å². The standard InChI is InChI=1S/C14H26O/c1-13(2,3)14(11-15-14)10-9-12-7-5-4-6-8-12/h12H,4-11H2,1-3H3. The highest BCUT2D eigenvalue weighted by atomic mass is 16.6. The van der Waals surface area contributed by atoms with Crippen molar-refractivity contribution in [1.82, 2.24) is 0 Å². The summed E-state index contributed by atoms with van der Waals surface area (Å²) < 4.78 is 5.75. The van der Waals surface area contributed by atoms with Crippen LogP contribution in [0.25, 0.3) is 0 Å². The second-order valence-corrected chi connectivity index (χ2v) is 6.58. The smallest absolute Gasteiger partial charge is 0.0964 e. The molecule has 0 aromatic carbocycles. The normalized spacial score (nSPS) is 33.0. The number of epoxide rings is 1. The summed E-state index contributed by atoms with van der Waals surface area (Å²) in [4.78, 5) is 0. The molecule has 0 radical (unpaired) electrons. The van der Waals surface area contributed by atoms with Gasteiger partial charge in [-0.25, -0.2) is 0 Å². The molecule has 88 valence electrons. The number of rotatable bonds is 3. The van der Waals surface area contributed by atoms with Crippen LogP contribution < -0.4 is 0 Å².